The van der Waals surface area contributed by atoms with E-state index in [1.807, 2.05) is 24.8 Å². The molecule has 0 radical (unpaired) electrons. The van der Waals surface area contributed by atoms with E-state index in [0.29, 0.717) is 10.2 Å². The summed E-state index contributed by atoms with van der Waals surface area (Å²) in [5.41, 5.74) is 5.39. The maximum atomic E-state index is 12.9. The van der Waals surface area contributed by atoms with Crippen LogP contribution in [0, 0.1) is 19.3 Å². The zero-order chi connectivity index (χ0) is 25.4. The van der Waals surface area contributed by atoms with Crippen LogP contribution in [0.25, 0.3) is 11.8 Å². The second-order valence-corrected chi connectivity index (χ2v) is 10.4. The number of aryl methyl sites for hydroxylation is 2. The van der Waals surface area contributed by atoms with Crippen LogP contribution < -0.4 is 0 Å². The lowest BCUT2D eigenvalue weighted by molar-refractivity contribution is -0.130. The largest absolute Gasteiger partial charge is 0.342 e. The van der Waals surface area contributed by atoms with Gasteiger partial charge >= 0.3 is 0 Å². The van der Waals surface area contributed by atoms with Crippen LogP contribution in [-0.2, 0) is 16.0 Å². The third-order valence-electron chi connectivity index (χ3n) is 6.88. The van der Waals surface area contributed by atoms with Gasteiger partial charge in [0.1, 0.15) is 5.04 Å². The van der Waals surface area contributed by atoms with E-state index in [1.165, 1.54) is 22.3 Å². The third-order valence-corrected chi connectivity index (χ3v) is 7.79. The predicted octanol–water partition coefficient (Wildman–Crippen LogP) is 4.68. The number of nitrogens with one attached hydrogen (secondary N) is 1. The number of fused-ring (bicyclic) bond motifs is 1. The molecule has 2 aromatic rings. The van der Waals surface area contributed by atoms with E-state index >= 15 is 0 Å². The predicted molar refractivity (Wildman–Crippen MR) is 145 cm³/mol. The zero-order valence-electron chi connectivity index (χ0n) is 20.9. The molecule has 0 aliphatic carbocycles. The molecule has 3 aliphatic rings. The number of hydrogen-bond acceptors (Lipinski definition) is 5. The van der Waals surface area contributed by atoms with Gasteiger partial charge in [-0.15, -0.1) is 0 Å². The first-order valence-electron chi connectivity index (χ1n) is 12.4. The fraction of sp³-hybridized carbons (Fsp3) is 0.370. The highest BCUT2D eigenvalue weighted by atomic mass is 32.2. The number of carbonyl (C=O) groups is 2. The molecule has 3 aliphatic heterocycles. The lowest BCUT2D eigenvalue weighted by Gasteiger charge is -2.26. The minimum absolute atomic E-state index is 0.0185. The van der Waals surface area contributed by atoms with Crippen LogP contribution in [0.3, 0.4) is 0 Å². The fourth-order valence-corrected chi connectivity index (χ4v) is 5.73. The molecule has 1 aromatic carbocycles. The average Bonchev–Trinajstić information content (AvgIpc) is 3.41. The van der Waals surface area contributed by atoms with Gasteiger partial charge in [-0.2, -0.15) is 15.1 Å². The second kappa shape index (κ2) is 9.89. The van der Waals surface area contributed by atoms with Gasteiger partial charge in [0, 0.05) is 30.2 Å². The number of aromatic nitrogens is 1. The summed E-state index contributed by atoms with van der Waals surface area (Å²) in [6.45, 7) is 7.73. The van der Waals surface area contributed by atoms with E-state index in [4.69, 9.17) is 5.41 Å². The van der Waals surface area contributed by atoms with Crippen molar-refractivity contribution in [2.75, 3.05) is 13.1 Å². The molecule has 1 aromatic heterocycles. The highest BCUT2D eigenvalue weighted by molar-refractivity contribution is 8.27. The van der Waals surface area contributed by atoms with Crippen molar-refractivity contribution in [3.63, 3.8) is 0 Å². The number of hydrazone groups is 1. The Morgan fingerprint density at radius 3 is 2.56 bits per heavy atom. The molecule has 5 rings (SSSR count). The summed E-state index contributed by atoms with van der Waals surface area (Å²) < 4.78 is 2.14. The number of hydrogen-bond donors (Lipinski definition) is 1. The lowest BCUT2D eigenvalue weighted by Crippen LogP contribution is -2.36. The summed E-state index contributed by atoms with van der Waals surface area (Å²) >= 11 is 1.20. The topological polar surface area (TPSA) is 94.1 Å². The second-order valence-electron chi connectivity index (χ2n) is 9.31. The average molecular weight is 503 g/mol. The Bertz CT molecular complexity index is 1330. The van der Waals surface area contributed by atoms with Crippen LogP contribution in [0.5, 0.6) is 0 Å². The number of rotatable bonds is 5. The Kier molecular flexibility index (Phi) is 6.66. The maximum absolute atomic E-state index is 12.9. The Labute approximate surface area is 215 Å². The molecular weight excluding hydrogens is 472 g/mol. The first kappa shape index (κ1) is 24.2. The molecule has 4 heterocycles. The summed E-state index contributed by atoms with van der Waals surface area (Å²) in [7, 11) is 0. The summed E-state index contributed by atoms with van der Waals surface area (Å²) in [5.74, 6) is -0.445. The van der Waals surface area contributed by atoms with Crippen molar-refractivity contribution in [2.24, 2.45) is 10.1 Å². The van der Waals surface area contributed by atoms with E-state index in [9.17, 15) is 9.59 Å². The van der Waals surface area contributed by atoms with Crippen LogP contribution in [0.2, 0.25) is 0 Å². The van der Waals surface area contributed by atoms with Crippen molar-refractivity contribution in [1.29, 1.82) is 5.41 Å². The molecule has 1 N–H and O–H groups in total. The summed E-state index contributed by atoms with van der Waals surface area (Å²) in [6.07, 6.45) is 6.09. The van der Waals surface area contributed by atoms with E-state index in [0.717, 1.165) is 61.4 Å². The van der Waals surface area contributed by atoms with Crippen molar-refractivity contribution in [3.8, 4) is 5.69 Å². The van der Waals surface area contributed by atoms with Crippen LogP contribution in [-0.4, -0.2) is 55.4 Å². The van der Waals surface area contributed by atoms with Crippen molar-refractivity contribution in [2.45, 2.75) is 52.9 Å². The van der Waals surface area contributed by atoms with Crippen molar-refractivity contribution in [3.05, 3.63) is 58.4 Å². The van der Waals surface area contributed by atoms with Gasteiger partial charge in [-0.05, 0) is 86.7 Å². The summed E-state index contributed by atoms with van der Waals surface area (Å²) in [6, 6.07) is 10.5. The molecule has 1 fully saturated rings. The minimum Gasteiger partial charge on any atom is -0.342 e. The van der Waals surface area contributed by atoms with Gasteiger partial charge in [-0.25, -0.2) is 0 Å². The highest BCUT2D eigenvalue weighted by Crippen LogP contribution is 2.31. The first-order chi connectivity index (χ1) is 17.4. The molecule has 8 nitrogen and oxygen atoms in total. The molecule has 0 bridgehead atoms. The number of amidine groups is 2. The molecule has 0 atom stereocenters. The number of aliphatic imine (C=N–C) groups is 1. The maximum Gasteiger partial charge on any atom is 0.283 e. The molecule has 1 saturated heterocycles. The Hall–Kier alpha value is -3.46. The van der Waals surface area contributed by atoms with Gasteiger partial charge < -0.3 is 9.47 Å². The smallest absolute Gasteiger partial charge is 0.283 e. The van der Waals surface area contributed by atoms with E-state index in [-0.39, 0.29) is 23.7 Å². The van der Waals surface area contributed by atoms with Gasteiger partial charge in [-0.1, -0.05) is 19.1 Å². The van der Waals surface area contributed by atoms with E-state index in [2.05, 4.69) is 45.9 Å². The van der Waals surface area contributed by atoms with Gasteiger partial charge in [0.15, 0.2) is 5.84 Å². The van der Waals surface area contributed by atoms with Gasteiger partial charge in [0.2, 0.25) is 11.1 Å². The minimum atomic E-state index is -0.463. The summed E-state index contributed by atoms with van der Waals surface area (Å²) in [5, 5.41) is 15.4. The molecule has 2 amide bonds. The van der Waals surface area contributed by atoms with Crippen LogP contribution >= 0.6 is 11.8 Å². The van der Waals surface area contributed by atoms with Crippen LogP contribution in [0.15, 0.2) is 46.0 Å². The normalized spacial score (nSPS) is 19.0. The number of nitrogens with zero attached hydrogens (tertiary/aromatic N) is 5. The molecule has 0 unspecified atom stereocenters. The number of thioether (sulfide) groups is 1. The molecule has 0 spiro atoms. The van der Waals surface area contributed by atoms with E-state index in [1.54, 1.807) is 6.08 Å². The van der Waals surface area contributed by atoms with Crippen molar-refractivity contribution in [1.82, 2.24) is 14.5 Å². The Morgan fingerprint density at radius 2 is 1.86 bits per heavy atom. The monoisotopic (exact) mass is 502 g/mol. The van der Waals surface area contributed by atoms with Crippen molar-refractivity contribution >= 4 is 45.7 Å². The number of piperidine rings is 1. The van der Waals surface area contributed by atoms with Crippen molar-refractivity contribution < 1.29 is 9.59 Å². The van der Waals surface area contributed by atoms with E-state index < -0.39 is 5.91 Å². The molecule has 186 valence electrons. The molecule has 0 saturated carbocycles. The molecular formula is C27H30N6O2S. The number of likely N-dealkylation sites (tertiary alicyclic amines) is 1. The number of amides is 2. The number of benzene rings is 1. The quantitative estimate of drug-likeness (QED) is 0.601. The fourth-order valence-electron chi connectivity index (χ4n) is 4.85. The third kappa shape index (κ3) is 4.55. The standard InChI is InChI=1S/C27H30N6O2S/c1-4-19-8-10-21(11-9-19)32-17(2)14-20(18(32)3)15-22-25(28)33-27(29-26(22)35)36-23(30-33)16-24(34)31-12-6-5-7-13-31/h8-11,14-15,28H,4-7,12-13,16H2,1-3H3/b22-15-,28-25?. The Morgan fingerprint density at radius 1 is 1.14 bits per heavy atom. The van der Waals surface area contributed by atoms with Crippen LogP contribution in [0.1, 0.15) is 55.1 Å². The molecule has 36 heavy (non-hydrogen) atoms. The van der Waals surface area contributed by atoms with Gasteiger partial charge in [-0.3, -0.25) is 15.0 Å². The summed E-state index contributed by atoms with van der Waals surface area (Å²) in [4.78, 5) is 31.6. The van der Waals surface area contributed by atoms with Gasteiger partial charge in [0.05, 0.1) is 12.0 Å². The molecule has 9 heteroatoms. The van der Waals surface area contributed by atoms with Gasteiger partial charge in [0.25, 0.3) is 5.91 Å². The SMILES string of the molecule is CCc1ccc(-n2c(C)cc(/C=C3/C(=N)N4N=C(CC(=O)N5CCCCC5)SC4=NC3=O)c2C)cc1. The van der Waals surface area contributed by atoms with Crippen LogP contribution in [0.4, 0.5) is 0 Å². The lowest BCUT2D eigenvalue weighted by atomic mass is 10.1. The first-order valence-corrected chi connectivity index (χ1v) is 13.2. The number of carbonyl (C=O) groups excluding carboxylic acids is 2. The Balaban J connectivity index is 1.38. The highest BCUT2D eigenvalue weighted by Gasteiger charge is 2.36. The zero-order valence-corrected chi connectivity index (χ0v) is 21.7.